The van der Waals surface area contributed by atoms with Crippen LogP contribution in [0.3, 0.4) is 0 Å². The van der Waals surface area contributed by atoms with E-state index in [9.17, 15) is 4.79 Å². The monoisotopic (exact) mass is 268 g/mol. The van der Waals surface area contributed by atoms with Crippen LogP contribution in [0.5, 0.6) is 0 Å². The van der Waals surface area contributed by atoms with E-state index < -0.39 is 0 Å². The number of nitrogen functional groups attached to an aromatic ring is 1. The van der Waals surface area contributed by atoms with Gasteiger partial charge in [0.2, 0.25) is 0 Å². The summed E-state index contributed by atoms with van der Waals surface area (Å²) in [4.78, 5) is 15.4. The fourth-order valence-corrected chi connectivity index (χ4v) is 1.59. The van der Waals surface area contributed by atoms with Crippen LogP contribution in [-0.2, 0) is 0 Å². The SMILES string of the molecule is CC(Br)C(=O)c1ccc2oc(N)nc2c1. The fraction of sp³-hybridized carbons (Fsp3) is 0.200. The number of carbonyl (C=O) groups excluding carboxylic acids is 1. The average Bonchev–Trinajstić information content (AvgIpc) is 2.55. The van der Waals surface area contributed by atoms with Gasteiger partial charge in [-0.15, -0.1) is 0 Å². The van der Waals surface area contributed by atoms with Crippen molar-refractivity contribution in [1.82, 2.24) is 4.98 Å². The topological polar surface area (TPSA) is 69.1 Å². The van der Waals surface area contributed by atoms with Gasteiger partial charge < -0.3 is 10.2 Å². The van der Waals surface area contributed by atoms with Crippen molar-refractivity contribution in [3.63, 3.8) is 0 Å². The van der Waals surface area contributed by atoms with Gasteiger partial charge in [0.1, 0.15) is 5.52 Å². The first-order valence-electron chi connectivity index (χ1n) is 4.42. The molecule has 0 saturated carbocycles. The Morgan fingerprint density at radius 1 is 1.60 bits per heavy atom. The molecule has 5 heteroatoms. The van der Waals surface area contributed by atoms with Crippen molar-refractivity contribution in [2.75, 3.05) is 5.73 Å². The predicted octanol–water partition coefficient (Wildman–Crippen LogP) is 2.38. The van der Waals surface area contributed by atoms with E-state index in [1.165, 1.54) is 0 Å². The molecule has 1 aromatic heterocycles. The third-order valence-corrected chi connectivity index (χ3v) is 2.47. The summed E-state index contributed by atoms with van der Waals surface area (Å²) in [6.07, 6.45) is 0. The normalized spacial score (nSPS) is 12.9. The molecule has 2 N–H and O–H groups in total. The first-order valence-corrected chi connectivity index (χ1v) is 5.34. The van der Waals surface area contributed by atoms with Gasteiger partial charge in [0.05, 0.1) is 4.83 Å². The van der Waals surface area contributed by atoms with Gasteiger partial charge in [-0.1, -0.05) is 15.9 Å². The first-order chi connectivity index (χ1) is 7.08. The largest absolute Gasteiger partial charge is 0.424 e. The summed E-state index contributed by atoms with van der Waals surface area (Å²) in [7, 11) is 0. The standard InChI is InChI=1S/C10H9BrN2O2/c1-5(11)9(14)6-2-3-8-7(4-6)13-10(12)15-8/h2-5H,1H3,(H2,12,13). The number of fused-ring (bicyclic) bond motifs is 1. The predicted molar refractivity (Wildman–Crippen MR) is 61.1 cm³/mol. The molecule has 78 valence electrons. The second kappa shape index (κ2) is 3.66. The maximum Gasteiger partial charge on any atom is 0.292 e. The second-order valence-corrected chi connectivity index (χ2v) is 4.59. The van der Waals surface area contributed by atoms with Gasteiger partial charge in [0.25, 0.3) is 6.01 Å². The quantitative estimate of drug-likeness (QED) is 0.671. The molecule has 0 aliphatic heterocycles. The number of aromatic nitrogens is 1. The Labute approximate surface area is 94.6 Å². The molecule has 0 bridgehead atoms. The Balaban J connectivity index is 2.51. The lowest BCUT2D eigenvalue weighted by Crippen LogP contribution is -2.09. The van der Waals surface area contributed by atoms with Crippen LogP contribution < -0.4 is 5.73 Å². The number of ketones is 1. The Bertz CT molecular complexity index is 519. The summed E-state index contributed by atoms with van der Waals surface area (Å²) in [5.41, 5.74) is 7.19. The van der Waals surface area contributed by atoms with Crippen molar-refractivity contribution in [2.45, 2.75) is 11.8 Å². The molecule has 0 fully saturated rings. The lowest BCUT2D eigenvalue weighted by Gasteiger charge is -2.01. The van der Waals surface area contributed by atoms with Gasteiger partial charge in [-0.2, -0.15) is 4.98 Å². The average molecular weight is 269 g/mol. The number of alkyl halides is 1. The number of Topliss-reactive ketones (excluding diaryl/α,β-unsaturated/α-hetero) is 1. The molecular weight excluding hydrogens is 260 g/mol. The highest BCUT2D eigenvalue weighted by Gasteiger charge is 2.13. The summed E-state index contributed by atoms with van der Waals surface area (Å²) in [5.74, 6) is 0.0125. The van der Waals surface area contributed by atoms with Crippen LogP contribution in [0.15, 0.2) is 22.6 Å². The number of benzene rings is 1. The van der Waals surface area contributed by atoms with E-state index in [0.29, 0.717) is 16.7 Å². The van der Waals surface area contributed by atoms with Crippen molar-refractivity contribution < 1.29 is 9.21 Å². The molecule has 1 atom stereocenters. The maximum absolute atomic E-state index is 11.7. The number of carbonyl (C=O) groups is 1. The number of rotatable bonds is 2. The van der Waals surface area contributed by atoms with Gasteiger partial charge in [-0.25, -0.2) is 0 Å². The van der Waals surface area contributed by atoms with Crippen molar-refractivity contribution in [1.29, 1.82) is 0 Å². The number of hydrogen-bond acceptors (Lipinski definition) is 4. The fourth-order valence-electron chi connectivity index (χ4n) is 1.33. The molecule has 0 amide bonds. The molecule has 0 aliphatic carbocycles. The summed E-state index contributed by atoms with van der Waals surface area (Å²) in [5, 5.41) is 0. The molecule has 4 nitrogen and oxygen atoms in total. The molecule has 1 heterocycles. The van der Waals surface area contributed by atoms with Gasteiger partial charge in [-0.05, 0) is 25.1 Å². The van der Waals surface area contributed by atoms with E-state index in [2.05, 4.69) is 20.9 Å². The summed E-state index contributed by atoms with van der Waals surface area (Å²) in [6, 6.07) is 5.19. The number of halogens is 1. The number of nitrogens with two attached hydrogens (primary N) is 1. The molecule has 0 spiro atoms. The van der Waals surface area contributed by atoms with Crippen LogP contribution >= 0.6 is 15.9 Å². The van der Waals surface area contributed by atoms with E-state index in [1.807, 2.05) is 0 Å². The Morgan fingerprint density at radius 2 is 2.33 bits per heavy atom. The molecule has 0 radical (unpaired) electrons. The highest BCUT2D eigenvalue weighted by Crippen LogP contribution is 2.20. The van der Waals surface area contributed by atoms with Crippen LogP contribution in [0.4, 0.5) is 6.01 Å². The zero-order chi connectivity index (χ0) is 11.0. The van der Waals surface area contributed by atoms with E-state index in [0.717, 1.165) is 0 Å². The third-order valence-electron chi connectivity index (χ3n) is 2.05. The Hall–Kier alpha value is -1.36. The highest BCUT2D eigenvalue weighted by molar-refractivity contribution is 9.10. The summed E-state index contributed by atoms with van der Waals surface area (Å²) in [6.45, 7) is 1.78. The van der Waals surface area contributed by atoms with Gasteiger partial charge >= 0.3 is 0 Å². The van der Waals surface area contributed by atoms with Crippen LogP contribution in [0, 0.1) is 0 Å². The molecule has 2 rings (SSSR count). The minimum atomic E-state index is -0.209. The first kappa shape index (κ1) is 10.2. The minimum absolute atomic E-state index is 0.0125. The summed E-state index contributed by atoms with van der Waals surface area (Å²) < 4.78 is 5.11. The van der Waals surface area contributed by atoms with Crippen LogP contribution in [-0.4, -0.2) is 15.6 Å². The minimum Gasteiger partial charge on any atom is -0.424 e. The van der Waals surface area contributed by atoms with Crippen LogP contribution in [0.25, 0.3) is 11.1 Å². The molecular formula is C10H9BrN2O2. The van der Waals surface area contributed by atoms with Crippen molar-refractivity contribution in [2.24, 2.45) is 0 Å². The lowest BCUT2D eigenvalue weighted by atomic mass is 10.1. The third kappa shape index (κ3) is 1.87. The molecule has 0 saturated heterocycles. The van der Waals surface area contributed by atoms with E-state index in [4.69, 9.17) is 10.2 Å². The Kier molecular flexibility index (Phi) is 2.48. The second-order valence-electron chi connectivity index (χ2n) is 3.21. The zero-order valence-corrected chi connectivity index (χ0v) is 9.61. The van der Waals surface area contributed by atoms with Crippen molar-refractivity contribution in [3.05, 3.63) is 23.8 Å². The van der Waals surface area contributed by atoms with Crippen LogP contribution in [0.1, 0.15) is 17.3 Å². The molecule has 1 aromatic carbocycles. The summed E-state index contributed by atoms with van der Waals surface area (Å²) >= 11 is 3.23. The van der Waals surface area contributed by atoms with Gasteiger partial charge in [-0.3, -0.25) is 4.79 Å². The number of oxazole rings is 1. The van der Waals surface area contributed by atoms with Gasteiger partial charge in [0, 0.05) is 5.56 Å². The smallest absolute Gasteiger partial charge is 0.292 e. The molecule has 2 aromatic rings. The Morgan fingerprint density at radius 3 is 3.00 bits per heavy atom. The maximum atomic E-state index is 11.7. The molecule has 1 unspecified atom stereocenters. The number of nitrogens with zero attached hydrogens (tertiary/aromatic N) is 1. The number of hydrogen-bond donors (Lipinski definition) is 1. The zero-order valence-electron chi connectivity index (χ0n) is 8.03. The number of anilines is 1. The van der Waals surface area contributed by atoms with E-state index >= 15 is 0 Å². The van der Waals surface area contributed by atoms with Crippen molar-refractivity contribution in [3.8, 4) is 0 Å². The lowest BCUT2D eigenvalue weighted by molar-refractivity contribution is 0.0996. The molecule has 15 heavy (non-hydrogen) atoms. The molecule has 0 aliphatic rings. The van der Waals surface area contributed by atoms with E-state index in [1.54, 1.807) is 25.1 Å². The van der Waals surface area contributed by atoms with Crippen LogP contribution in [0.2, 0.25) is 0 Å². The van der Waals surface area contributed by atoms with Crippen molar-refractivity contribution >= 4 is 38.8 Å². The highest BCUT2D eigenvalue weighted by atomic mass is 79.9. The van der Waals surface area contributed by atoms with E-state index in [-0.39, 0.29) is 16.6 Å². The van der Waals surface area contributed by atoms with Gasteiger partial charge in [0.15, 0.2) is 11.4 Å².